The minimum Gasteiger partial charge on any atom is -0.444 e. The number of rotatable bonds is 4. The van der Waals surface area contributed by atoms with E-state index in [1.54, 1.807) is 4.90 Å². The maximum atomic E-state index is 11.9. The zero-order valence-corrected chi connectivity index (χ0v) is 12.1. The van der Waals surface area contributed by atoms with E-state index in [1.807, 2.05) is 20.8 Å². The number of piperidine rings is 1. The van der Waals surface area contributed by atoms with Gasteiger partial charge in [0.05, 0.1) is 6.61 Å². The van der Waals surface area contributed by atoms with Crippen LogP contribution in [0.25, 0.3) is 0 Å². The molecular formula is C13H26N2O4. The van der Waals surface area contributed by atoms with Crippen LogP contribution in [0, 0.1) is 5.41 Å². The number of aliphatic hydroxyl groups is 1. The van der Waals surface area contributed by atoms with Crippen LogP contribution >= 0.6 is 0 Å². The molecule has 6 nitrogen and oxygen atoms in total. The van der Waals surface area contributed by atoms with E-state index in [1.165, 1.54) is 0 Å². The van der Waals surface area contributed by atoms with Crippen LogP contribution in [0.1, 0.15) is 40.0 Å². The highest BCUT2D eigenvalue weighted by molar-refractivity contribution is 5.68. The van der Waals surface area contributed by atoms with Crippen LogP contribution in [0.5, 0.6) is 0 Å². The lowest BCUT2D eigenvalue weighted by atomic mass is 9.76. The number of ether oxygens (including phenoxy) is 1. The van der Waals surface area contributed by atoms with Crippen LogP contribution in [-0.2, 0) is 9.57 Å². The molecule has 1 heterocycles. The van der Waals surface area contributed by atoms with Gasteiger partial charge in [-0.2, -0.15) is 0 Å². The van der Waals surface area contributed by atoms with Gasteiger partial charge in [0.15, 0.2) is 0 Å². The lowest BCUT2D eigenvalue weighted by Crippen LogP contribution is -2.47. The summed E-state index contributed by atoms with van der Waals surface area (Å²) >= 11 is 0. The Morgan fingerprint density at radius 1 is 1.37 bits per heavy atom. The van der Waals surface area contributed by atoms with E-state index in [2.05, 4.69) is 0 Å². The summed E-state index contributed by atoms with van der Waals surface area (Å²) in [6.07, 6.45) is 1.90. The molecule has 0 aliphatic carbocycles. The van der Waals surface area contributed by atoms with E-state index in [-0.39, 0.29) is 18.1 Å². The summed E-state index contributed by atoms with van der Waals surface area (Å²) in [7, 11) is 0. The lowest BCUT2D eigenvalue weighted by Gasteiger charge is -2.41. The van der Waals surface area contributed by atoms with Crippen molar-refractivity contribution >= 4 is 6.09 Å². The number of likely N-dealkylation sites (tertiary alicyclic amines) is 1. The van der Waals surface area contributed by atoms with Gasteiger partial charge in [-0.3, -0.25) is 0 Å². The lowest BCUT2D eigenvalue weighted by molar-refractivity contribution is -0.0255. The maximum Gasteiger partial charge on any atom is 0.410 e. The monoisotopic (exact) mass is 274 g/mol. The van der Waals surface area contributed by atoms with Crippen molar-refractivity contribution in [1.29, 1.82) is 0 Å². The molecule has 0 aromatic carbocycles. The smallest absolute Gasteiger partial charge is 0.410 e. The first-order chi connectivity index (χ1) is 8.82. The summed E-state index contributed by atoms with van der Waals surface area (Å²) in [5, 5.41) is 9.14. The largest absolute Gasteiger partial charge is 0.444 e. The molecule has 1 fully saturated rings. The Morgan fingerprint density at radius 3 is 2.37 bits per heavy atom. The van der Waals surface area contributed by atoms with E-state index in [4.69, 9.17) is 20.6 Å². The topological polar surface area (TPSA) is 85.0 Å². The van der Waals surface area contributed by atoms with Crippen molar-refractivity contribution in [2.45, 2.75) is 45.6 Å². The summed E-state index contributed by atoms with van der Waals surface area (Å²) in [4.78, 5) is 18.4. The van der Waals surface area contributed by atoms with Gasteiger partial charge in [-0.1, -0.05) is 0 Å². The van der Waals surface area contributed by atoms with Gasteiger partial charge < -0.3 is 19.6 Å². The predicted octanol–water partition coefficient (Wildman–Crippen LogP) is 1.28. The molecule has 0 atom stereocenters. The zero-order valence-electron chi connectivity index (χ0n) is 12.1. The molecule has 112 valence electrons. The van der Waals surface area contributed by atoms with Gasteiger partial charge in [0.25, 0.3) is 0 Å². The van der Waals surface area contributed by atoms with Gasteiger partial charge in [0, 0.05) is 25.1 Å². The molecule has 3 N–H and O–H groups in total. The highest BCUT2D eigenvalue weighted by Gasteiger charge is 2.36. The Bertz CT molecular complexity index is 286. The average Bonchev–Trinajstić information content (AvgIpc) is 2.28. The fourth-order valence-corrected chi connectivity index (χ4v) is 2.37. The summed E-state index contributed by atoms with van der Waals surface area (Å²) in [6, 6.07) is 0. The first kappa shape index (κ1) is 16.2. The zero-order chi connectivity index (χ0) is 14.5. The molecule has 1 saturated heterocycles. The standard InChI is InChI=1S/C13H26N2O4/c1-12(2,3)19-11(17)15-7-4-13(5-8-15,6-9-16)10-18-14/h16H,4-10,14H2,1-3H3. The van der Waals surface area contributed by atoms with E-state index in [9.17, 15) is 4.79 Å². The number of aliphatic hydroxyl groups excluding tert-OH is 1. The third kappa shape index (κ3) is 4.97. The molecule has 19 heavy (non-hydrogen) atoms. The maximum absolute atomic E-state index is 11.9. The Balaban J connectivity index is 2.53. The fourth-order valence-electron chi connectivity index (χ4n) is 2.37. The second-order valence-electron chi connectivity index (χ2n) is 6.25. The van der Waals surface area contributed by atoms with E-state index in [0.29, 0.717) is 26.1 Å². The molecule has 0 unspecified atom stereocenters. The van der Waals surface area contributed by atoms with Gasteiger partial charge in [-0.15, -0.1) is 0 Å². The van der Waals surface area contributed by atoms with Crippen molar-refractivity contribution < 1.29 is 19.5 Å². The van der Waals surface area contributed by atoms with Crippen molar-refractivity contribution in [1.82, 2.24) is 4.90 Å². The number of nitrogens with zero attached hydrogens (tertiary/aromatic N) is 1. The summed E-state index contributed by atoms with van der Waals surface area (Å²) in [6.45, 7) is 7.30. The molecule has 0 radical (unpaired) electrons. The van der Waals surface area contributed by atoms with E-state index < -0.39 is 5.60 Å². The van der Waals surface area contributed by atoms with Crippen molar-refractivity contribution in [3.63, 3.8) is 0 Å². The second kappa shape index (κ2) is 6.54. The Labute approximate surface area is 114 Å². The highest BCUT2D eigenvalue weighted by Crippen LogP contribution is 2.35. The molecule has 1 amide bonds. The number of nitrogens with two attached hydrogens (primary N) is 1. The van der Waals surface area contributed by atoms with Crippen LogP contribution in [0.4, 0.5) is 4.79 Å². The minimum absolute atomic E-state index is 0.107. The molecule has 0 saturated carbocycles. The molecule has 6 heteroatoms. The Morgan fingerprint density at radius 2 is 1.95 bits per heavy atom. The quantitative estimate of drug-likeness (QED) is 0.754. The Hall–Kier alpha value is -0.850. The summed E-state index contributed by atoms with van der Waals surface area (Å²) in [5.74, 6) is 5.17. The molecule has 0 bridgehead atoms. The number of carbonyl (C=O) groups excluding carboxylic acids is 1. The van der Waals surface area contributed by atoms with Crippen LogP contribution in [-0.4, -0.2) is 48.0 Å². The first-order valence-corrected chi connectivity index (χ1v) is 6.72. The van der Waals surface area contributed by atoms with Crippen molar-refractivity contribution in [2.75, 3.05) is 26.3 Å². The summed E-state index contributed by atoms with van der Waals surface area (Å²) < 4.78 is 5.35. The van der Waals surface area contributed by atoms with Gasteiger partial charge in [0.1, 0.15) is 5.60 Å². The molecule has 0 spiro atoms. The fraction of sp³-hybridized carbons (Fsp3) is 0.923. The van der Waals surface area contributed by atoms with Crippen molar-refractivity contribution in [2.24, 2.45) is 11.3 Å². The molecular weight excluding hydrogens is 248 g/mol. The van der Waals surface area contributed by atoms with Crippen molar-refractivity contribution in [3.8, 4) is 0 Å². The highest BCUT2D eigenvalue weighted by atomic mass is 16.6. The van der Waals surface area contributed by atoms with Gasteiger partial charge >= 0.3 is 6.09 Å². The Kier molecular flexibility index (Phi) is 5.58. The SMILES string of the molecule is CC(C)(C)OC(=O)N1CCC(CCO)(CON)CC1. The number of hydrogen-bond donors (Lipinski definition) is 2. The number of hydrogen-bond acceptors (Lipinski definition) is 5. The predicted molar refractivity (Wildman–Crippen MR) is 71.3 cm³/mol. The molecule has 0 aromatic rings. The number of carbonyl (C=O) groups is 1. The van der Waals surface area contributed by atoms with Crippen LogP contribution < -0.4 is 5.90 Å². The molecule has 1 aliphatic rings. The first-order valence-electron chi connectivity index (χ1n) is 6.72. The average molecular weight is 274 g/mol. The normalized spacial score (nSPS) is 19.3. The summed E-state index contributed by atoms with van der Waals surface area (Å²) in [5.41, 5.74) is -0.598. The van der Waals surface area contributed by atoms with Crippen molar-refractivity contribution in [3.05, 3.63) is 0 Å². The van der Waals surface area contributed by atoms with Crippen LogP contribution in [0.2, 0.25) is 0 Å². The molecule has 1 rings (SSSR count). The second-order valence-corrected chi connectivity index (χ2v) is 6.25. The van der Waals surface area contributed by atoms with Crippen LogP contribution in [0.3, 0.4) is 0 Å². The van der Waals surface area contributed by atoms with Crippen LogP contribution in [0.15, 0.2) is 0 Å². The van der Waals surface area contributed by atoms with E-state index >= 15 is 0 Å². The molecule has 1 aliphatic heterocycles. The molecule has 0 aromatic heterocycles. The van der Waals surface area contributed by atoms with Gasteiger partial charge in [-0.05, 0) is 40.0 Å². The third-order valence-electron chi connectivity index (χ3n) is 3.51. The van der Waals surface area contributed by atoms with E-state index in [0.717, 1.165) is 12.8 Å². The minimum atomic E-state index is -0.475. The number of amides is 1. The van der Waals surface area contributed by atoms with Gasteiger partial charge in [0.2, 0.25) is 0 Å². The van der Waals surface area contributed by atoms with Gasteiger partial charge in [-0.25, -0.2) is 10.7 Å². The third-order valence-corrected chi connectivity index (χ3v) is 3.51.